The van der Waals surface area contributed by atoms with Gasteiger partial charge < -0.3 is 15.5 Å². The van der Waals surface area contributed by atoms with Gasteiger partial charge in [-0.15, -0.1) is 0 Å². The van der Waals surface area contributed by atoms with Crippen molar-refractivity contribution in [3.63, 3.8) is 0 Å². The molecule has 1 aliphatic heterocycles. The Balaban J connectivity index is 1.85. The molecule has 0 radical (unpaired) electrons. The fourth-order valence-electron chi connectivity index (χ4n) is 3.41. The summed E-state index contributed by atoms with van der Waals surface area (Å²) in [5.41, 5.74) is 0.975. The van der Waals surface area contributed by atoms with Crippen LogP contribution in [-0.4, -0.2) is 51.7 Å². The highest BCUT2D eigenvalue weighted by atomic mass is 19.3. The number of nitrogens with one attached hydrogen (secondary N) is 2. The molecule has 0 unspecified atom stereocenters. The van der Waals surface area contributed by atoms with Crippen molar-refractivity contribution in [3.05, 3.63) is 47.3 Å². The van der Waals surface area contributed by atoms with E-state index in [9.17, 15) is 22.8 Å². The van der Waals surface area contributed by atoms with Crippen LogP contribution in [-0.2, 0) is 11.5 Å². The highest BCUT2D eigenvalue weighted by Gasteiger charge is 2.42. The molecule has 0 bridgehead atoms. The minimum atomic E-state index is -3.01. The first-order chi connectivity index (χ1) is 14.7. The van der Waals surface area contributed by atoms with Crippen molar-refractivity contribution in [2.75, 3.05) is 18.4 Å². The van der Waals surface area contributed by atoms with Gasteiger partial charge in [0, 0.05) is 32.1 Å². The first kappa shape index (κ1) is 22.5. The van der Waals surface area contributed by atoms with E-state index in [1.807, 2.05) is 0 Å². The number of likely N-dealkylation sites (tertiary alicyclic amines) is 1. The average Bonchev–Trinajstić information content (AvgIpc) is 2.73. The molecule has 2 N–H and O–H groups in total. The summed E-state index contributed by atoms with van der Waals surface area (Å²) in [7, 11) is 0. The fraction of sp³-hybridized carbons (Fsp3) is 0.429. The molecule has 10 heteroatoms. The van der Waals surface area contributed by atoms with Crippen LogP contribution in [0.3, 0.4) is 0 Å². The van der Waals surface area contributed by atoms with Crippen molar-refractivity contribution < 1.29 is 22.8 Å². The van der Waals surface area contributed by atoms with Gasteiger partial charge in [0.2, 0.25) is 5.91 Å². The van der Waals surface area contributed by atoms with Crippen molar-refractivity contribution in [2.24, 2.45) is 0 Å². The van der Waals surface area contributed by atoms with E-state index in [2.05, 4.69) is 20.6 Å². The van der Waals surface area contributed by atoms with Gasteiger partial charge in [-0.1, -0.05) is 6.07 Å². The Hall–Kier alpha value is -3.17. The second-order valence-electron chi connectivity index (χ2n) is 7.59. The zero-order chi connectivity index (χ0) is 22.6. The summed E-state index contributed by atoms with van der Waals surface area (Å²) in [6.07, 6.45) is 1.15. The average molecular weight is 435 g/mol. The highest BCUT2D eigenvalue weighted by Crippen LogP contribution is 2.31. The topological polar surface area (TPSA) is 87.2 Å². The molecule has 0 aromatic carbocycles. The number of hydrogen-bond acceptors (Lipinski definition) is 5. The summed E-state index contributed by atoms with van der Waals surface area (Å²) in [6.45, 7) is 1.69. The molecule has 1 fully saturated rings. The standard InChI is InChI=1S/C21H24F3N5O2/c1-13-3-4-17(27-18-9-15(10-22)6-8-25-18)28-19(13)20(31)29-12-21(23,24)7-5-16(29)11-26-14(2)30/h3-4,6,8-9,16H,5,7,10-12H2,1-2H3,(H,26,30)(H,25,27,28)/t16-/m1/s1. The van der Waals surface area contributed by atoms with Crippen molar-refractivity contribution in [2.45, 2.75) is 45.3 Å². The maximum atomic E-state index is 14.1. The van der Waals surface area contributed by atoms with Crippen molar-refractivity contribution >= 4 is 23.5 Å². The van der Waals surface area contributed by atoms with E-state index in [1.54, 1.807) is 19.1 Å². The van der Waals surface area contributed by atoms with Crippen LogP contribution in [0.25, 0.3) is 0 Å². The maximum Gasteiger partial charge on any atom is 0.273 e. The molecule has 0 saturated carbocycles. The first-order valence-electron chi connectivity index (χ1n) is 9.87. The summed E-state index contributed by atoms with van der Waals surface area (Å²) in [6, 6.07) is 5.76. The molecule has 3 heterocycles. The molecular formula is C21H24F3N5O2. The van der Waals surface area contributed by atoms with Gasteiger partial charge >= 0.3 is 0 Å². The summed E-state index contributed by atoms with van der Waals surface area (Å²) >= 11 is 0. The minimum Gasteiger partial charge on any atom is -0.354 e. The second kappa shape index (κ2) is 9.32. The molecule has 2 amide bonds. The molecule has 0 spiro atoms. The predicted molar refractivity (Wildman–Crippen MR) is 109 cm³/mol. The monoisotopic (exact) mass is 435 g/mol. The number of anilines is 2. The van der Waals surface area contributed by atoms with Crippen LogP contribution in [0.5, 0.6) is 0 Å². The van der Waals surface area contributed by atoms with Crippen LogP contribution in [0.1, 0.15) is 41.4 Å². The van der Waals surface area contributed by atoms with Gasteiger partial charge in [0.05, 0.1) is 6.54 Å². The fourth-order valence-corrected chi connectivity index (χ4v) is 3.41. The third-order valence-electron chi connectivity index (χ3n) is 5.07. The summed E-state index contributed by atoms with van der Waals surface area (Å²) in [5.74, 6) is -3.32. The number of carbonyl (C=O) groups is 2. The largest absolute Gasteiger partial charge is 0.354 e. The van der Waals surface area contributed by atoms with E-state index in [1.165, 1.54) is 25.3 Å². The van der Waals surface area contributed by atoms with Crippen molar-refractivity contribution in [1.29, 1.82) is 0 Å². The molecule has 31 heavy (non-hydrogen) atoms. The Morgan fingerprint density at radius 2 is 2.03 bits per heavy atom. The number of aromatic nitrogens is 2. The number of carbonyl (C=O) groups excluding carboxylic acids is 2. The number of piperidine rings is 1. The lowest BCUT2D eigenvalue weighted by Gasteiger charge is -2.39. The summed E-state index contributed by atoms with van der Waals surface area (Å²) in [5, 5.41) is 5.51. The summed E-state index contributed by atoms with van der Waals surface area (Å²) in [4.78, 5) is 33.9. The molecule has 2 aromatic rings. The number of amides is 2. The van der Waals surface area contributed by atoms with E-state index in [4.69, 9.17) is 0 Å². The van der Waals surface area contributed by atoms with Crippen LogP contribution >= 0.6 is 0 Å². The van der Waals surface area contributed by atoms with Gasteiger partial charge in [-0.3, -0.25) is 9.59 Å². The number of nitrogens with zero attached hydrogens (tertiary/aromatic N) is 3. The molecule has 1 aliphatic rings. The number of rotatable bonds is 6. The third kappa shape index (κ3) is 5.71. The molecule has 166 valence electrons. The van der Waals surface area contributed by atoms with Crippen LogP contribution in [0, 0.1) is 6.92 Å². The van der Waals surface area contributed by atoms with Gasteiger partial charge in [0.1, 0.15) is 24.0 Å². The van der Waals surface area contributed by atoms with Gasteiger partial charge in [-0.2, -0.15) is 0 Å². The van der Waals surface area contributed by atoms with Crippen LogP contribution in [0.15, 0.2) is 30.5 Å². The van der Waals surface area contributed by atoms with Crippen molar-refractivity contribution in [1.82, 2.24) is 20.2 Å². The molecule has 1 saturated heterocycles. The van der Waals surface area contributed by atoms with Gasteiger partial charge in [0.25, 0.3) is 11.8 Å². The van der Waals surface area contributed by atoms with Gasteiger partial charge in [0.15, 0.2) is 0 Å². The predicted octanol–water partition coefficient (Wildman–Crippen LogP) is 3.37. The van der Waals surface area contributed by atoms with E-state index in [0.717, 1.165) is 4.90 Å². The molecule has 3 rings (SSSR count). The quantitative estimate of drug-likeness (QED) is 0.727. The Kier molecular flexibility index (Phi) is 6.77. The van der Waals surface area contributed by atoms with Gasteiger partial charge in [-0.25, -0.2) is 23.1 Å². The lowest BCUT2D eigenvalue weighted by atomic mass is 9.98. The maximum absolute atomic E-state index is 14.1. The number of alkyl halides is 3. The normalized spacial score (nSPS) is 17.8. The lowest BCUT2D eigenvalue weighted by Crippen LogP contribution is -2.55. The molecular weight excluding hydrogens is 411 g/mol. The molecule has 1 atom stereocenters. The Morgan fingerprint density at radius 3 is 2.74 bits per heavy atom. The number of pyridine rings is 2. The first-order valence-corrected chi connectivity index (χ1v) is 9.87. The van der Waals surface area contributed by atoms with E-state index < -0.39 is 31.1 Å². The second-order valence-corrected chi connectivity index (χ2v) is 7.59. The van der Waals surface area contributed by atoms with Crippen molar-refractivity contribution in [3.8, 4) is 0 Å². The third-order valence-corrected chi connectivity index (χ3v) is 5.07. The minimum absolute atomic E-state index is 0.0252. The summed E-state index contributed by atoms with van der Waals surface area (Å²) < 4.78 is 41.1. The highest BCUT2D eigenvalue weighted by molar-refractivity contribution is 5.94. The zero-order valence-corrected chi connectivity index (χ0v) is 17.3. The Bertz CT molecular complexity index is 970. The van der Waals surface area contributed by atoms with E-state index >= 15 is 0 Å². The molecule has 7 nitrogen and oxygen atoms in total. The van der Waals surface area contributed by atoms with Crippen LogP contribution < -0.4 is 10.6 Å². The Morgan fingerprint density at radius 1 is 1.26 bits per heavy atom. The number of halogens is 3. The number of hydrogen-bond donors (Lipinski definition) is 2. The van der Waals surface area contributed by atoms with E-state index in [0.29, 0.717) is 16.9 Å². The SMILES string of the molecule is CC(=O)NC[C@H]1CCC(F)(F)CN1C(=O)c1nc(Nc2cc(CF)ccn2)ccc1C. The lowest BCUT2D eigenvalue weighted by molar-refractivity contribution is -0.119. The zero-order valence-electron chi connectivity index (χ0n) is 17.3. The van der Waals surface area contributed by atoms with Crippen LogP contribution in [0.4, 0.5) is 24.8 Å². The van der Waals surface area contributed by atoms with Crippen LogP contribution in [0.2, 0.25) is 0 Å². The van der Waals surface area contributed by atoms with E-state index in [-0.39, 0.29) is 36.8 Å². The molecule has 0 aliphatic carbocycles. The number of aryl methyl sites for hydroxylation is 1. The Labute approximate surface area is 178 Å². The van der Waals surface area contributed by atoms with Gasteiger partial charge in [-0.05, 0) is 42.7 Å². The smallest absolute Gasteiger partial charge is 0.273 e. The molecule has 2 aromatic heterocycles.